The number of carboxylic acid groups (broad SMARTS) is 1. The first kappa shape index (κ1) is 19.5. The molecule has 2 N–H and O–H groups in total. The second kappa shape index (κ2) is 8.29. The van der Waals surface area contributed by atoms with Crippen LogP contribution in [0.5, 0.6) is 5.75 Å². The van der Waals surface area contributed by atoms with Crippen LogP contribution in [0.15, 0.2) is 42.5 Å². The fourth-order valence-electron chi connectivity index (χ4n) is 4.37. The number of nitrogens with one attached hydrogen (secondary N) is 1. The summed E-state index contributed by atoms with van der Waals surface area (Å²) < 4.78 is 7.33. The largest absolute Gasteiger partial charge is 0.497 e. The maximum Gasteiger partial charge on any atom is 0.352 e. The molecule has 152 valence electrons. The molecule has 1 aromatic heterocycles. The van der Waals surface area contributed by atoms with E-state index in [1.807, 2.05) is 22.8 Å². The third kappa shape index (κ3) is 4.01. The Balaban J connectivity index is 1.80. The summed E-state index contributed by atoms with van der Waals surface area (Å²) >= 11 is 0. The van der Waals surface area contributed by atoms with Crippen molar-refractivity contribution in [2.75, 3.05) is 7.11 Å². The number of carboxylic acids is 1. The van der Waals surface area contributed by atoms with Crippen LogP contribution in [-0.2, 0) is 13.1 Å². The molecule has 0 unspecified atom stereocenters. The van der Waals surface area contributed by atoms with Crippen molar-refractivity contribution in [2.24, 2.45) is 0 Å². The molecule has 0 spiro atoms. The van der Waals surface area contributed by atoms with E-state index < -0.39 is 5.97 Å². The van der Waals surface area contributed by atoms with Gasteiger partial charge in [0.15, 0.2) is 0 Å². The Morgan fingerprint density at radius 2 is 1.90 bits per heavy atom. The molecule has 5 nitrogen and oxygen atoms in total. The molecule has 1 heterocycles. The van der Waals surface area contributed by atoms with E-state index in [-0.39, 0.29) is 0 Å². The molecular weight excluding hydrogens is 364 g/mol. The summed E-state index contributed by atoms with van der Waals surface area (Å²) in [5.74, 6) is -0.164. The lowest BCUT2D eigenvalue weighted by Crippen LogP contribution is -2.26. The first-order chi connectivity index (χ1) is 14.1. The van der Waals surface area contributed by atoms with Gasteiger partial charge in [0.05, 0.1) is 12.6 Å². The fraction of sp³-hybridized carbons (Fsp3) is 0.375. The number of nitrogens with zero attached hydrogens (tertiary/aromatic N) is 1. The van der Waals surface area contributed by atoms with E-state index >= 15 is 0 Å². The minimum Gasteiger partial charge on any atom is -0.497 e. The third-order valence-corrected chi connectivity index (χ3v) is 5.96. The molecule has 0 bridgehead atoms. The summed E-state index contributed by atoms with van der Waals surface area (Å²) in [4.78, 5) is 12.3. The maximum absolute atomic E-state index is 12.3. The Morgan fingerprint density at radius 3 is 2.55 bits per heavy atom. The molecule has 0 amide bonds. The van der Waals surface area contributed by atoms with Crippen LogP contribution in [0.4, 0.5) is 0 Å². The fourth-order valence-corrected chi connectivity index (χ4v) is 4.37. The number of benzene rings is 2. The van der Waals surface area contributed by atoms with Gasteiger partial charge in [-0.2, -0.15) is 0 Å². The van der Waals surface area contributed by atoms with Gasteiger partial charge in [-0.05, 0) is 37.5 Å². The lowest BCUT2D eigenvalue weighted by Gasteiger charge is -2.13. The molecule has 1 aliphatic rings. The van der Waals surface area contributed by atoms with Crippen molar-refractivity contribution in [3.05, 3.63) is 64.8 Å². The van der Waals surface area contributed by atoms with E-state index in [2.05, 4.69) is 36.5 Å². The van der Waals surface area contributed by atoms with Crippen LogP contribution in [0.25, 0.3) is 10.9 Å². The Morgan fingerprint density at radius 1 is 1.17 bits per heavy atom. The normalized spacial score (nSPS) is 14.6. The zero-order valence-corrected chi connectivity index (χ0v) is 17.1. The van der Waals surface area contributed by atoms with Crippen molar-refractivity contribution >= 4 is 16.9 Å². The lowest BCUT2D eigenvalue weighted by molar-refractivity contribution is 0.0684. The Labute approximate surface area is 171 Å². The van der Waals surface area contributed by atoms with Gasteiger partial charge in [-0.25, -0.2) is 4.79 Å². The van der Waals surface area contributed by atoms with Gasteiger partial charge in [0.2, 0.25) is 0 Å². The summed E-state index contributed by atoms with van der Waals surface area (Å²) in [7, 11) is 1.63. The van der Waals surface area contributed by atoms with E-state index in [1.165, 1.54) is 18.4 Å². The molecule has 0 saturated heterocycles. The number of aromatic nitrogens is 1. The molecule has 1 saturated carbocycles. The van der Waals surface area contributed by atoms with Gasteiger partial charge >= 0.3 is 5.97 Å². The molecule has 2 aromatic carbocycles. The van der Waals surface area contributed by atoms with Crippen LogP contribution in [0.2, 0.25) is 0 Å². The predicted molar refractivity (Wildman–Crippen MR) is 115 cm³/mol. The number of methoxy groups -OCH3 is 1. The summed E-state index contributed by atoms with van der Waals surface area (Å²) in [6.45, 7) is 3.13. The van der Waals surface area contributed by atoms with Gasteiger partial charge in [0.1, 0.15) is 11.4 Å². The highest BCUT2D eigenvalue weighted by Gasteiger charge is 2.24. The van der Waals surface area contributed by atoms with Crippen LogP contribution in [-0.4, -0.2) is 28.8 Å². The van der Waals surface area contributed by atoms with Gasteiger partial charge in [-0.3, -0.25) is 0 Å². The highest BCUT2D eigenvalue weighted by Crippen LogP contribution is 2.31. The quantitative estimate of drug-likeness (QED) is 0.610. The SMILES string of the molecule is COc1ccc2c(CNC3CCCC3)c(C(=O)O)n(Cc3ccc(C)cc3)c2c1. The number of carbonyl (C=O) groups is 1. The Kier molecular flexibility index (Phi) is 5.58. The molecule has 0 radical (unpaired) electrons. The molecule has 4 rings (SSSR count). The topological polar surface area (TPSA) is 63.5 Å². The second-order valence-corrected chi connectivity index (χ2v) is 7.95. The number of aromatic carboxylic acids is 1. The summed E-state index contributed by atoms with van der Waals surface area (Å²) in [6, 6.07) is 14.5. The number of hydrogen-bond donors (Lipinski definition) is 2. The van der Waals surface area contributed by atoms with E-state index in [0.29, 0.717) is 24.8 Å². The third-order valence-electron chi connectivity index (χ3n) is 5.96. The van der Waals surface area contributed by atoms with Crippen molar-refractivity contribution in [1.29, 1.82) is 0 Å². The number of rotatable bonds is 7. The van der Waals surface area contributed by atoms with E-state index in [1.54, 1.807) is 7.11 Å². The van der Waals surface area contributed by atoms with Crippen molar-refractivity contribution in [3.8, 4) is 5.75 Å². The van der Waals surface area contributed by atoms with Crippen LogP contribution in [0, 0.1) is 6.92 Å². The van der Waals surface area contributed by atoms with Crippen LogP contribution >= 0.6 is 0 Å². The molecule has 3 aromatic rings. The average molecular weight is 392 g/mol. The monoisotopic (exact) mass is 392 g/mol. The van der Waals surface area contributed by atoms with Gasteiger partial charge in [0.25, 0.3) is 0 Å². The van der Waals surface area contributed by atoms with Gasteiger partial charge in [0, 0.05) is 36.1 Å². The first-order valence-corrected chi connectivity index (χ1v) is 10.3. The molecule has 1 fully saturated rings. The van der Waals surface area contributed by atoms with Gasteiger partial charge in [-0.15, -0.1) is 0 Å². The zero-order valence-electron chi connectivity index (χ0n) is 17.1. The summed E-state index contributed by atoms with van der Waals surface area (Å²) in [5.41, 5.74) is 4.37. The zero-order chi connectivity index (χ0) is 20.4. The number of hydrogen-bond acceptors (Lipinski definition) is 3. The van der Waals surface area contributed by atoms with E-state index in [0.717, 1.165) is 40.6 Å². The van der Waals surface area contributed by atoms with Crippen molar-refractivity contribution in [1.82, 2.24) is 9.88 Å². The number of ether oxygens (including phenoxy) is 1. The van der Waals surface area contributed by atoms with Crippen LogP contribution < -0.4 is 10.1 Å². The van der Waals surface area contributed by atoms with E-state index in [4.69, 9.17) is 4.74 Å². The van der Waals surface area contributed by atoms with Gasteiger partial charge < -0.3 is 19.7 Å². The molecule has 0 atom stereocenters. The molecule has 1 aliphatic carbocycles. The lowest BCUT2D eigenvalue weighted by atomic mass is 10.1. The van der Waals surface area contributed by atoms with Crippen molar-refractivity contribution in [2.45, 2.75) is 51.7 Å². The predicted octanol–water partition coefficient (Wildman–Crippen LogP) is 4.74. The number of aryl methyl sites for hydroxylation is 1. The molecule has 0 aliphatic heterocycles. The van der Waals surface area contributed by atoms with Crippen LogP contribution in [0.3, 0.4) is 0 Å². The average Bonchev–Trinajstić information content (AvgIpc) is 3.34. The smallest absolute Gasteiger partial charge is 0.352 e. The van der Waals surface area contributed by atoms with Crippen molar-refractivity contribution in [3.63, 3.8) is 0 Å². The minimum absolute atomic E-state index is 0.360. The molecule has 29 heavy (non-hydrogen) atoms. The molecular formula is C24H28N2O3. The second-order valence-electron chi connectivity index (χ2n) is 7.95. The van der Waals surface area contributed by atoms with Gasteiger partial charge in [-0.1, -0.05) is 42.7 Å². The highest BCUT2D eigenvalue weighted by molar-refractivity contribution is 5.98. The summed E-state index contributed by atoms with van der Waals surface area (Å²) in [6.07, 6.45) is 4.82. The maximum atomic E-state index is 12.3. The van der Waals surface area contributed by atoms with Crippen LogP contribution in [0.1, 0.15) is 52.9 Å². The molecule has 5 heteroatoms. The summed E-state index contributed by atoms with van der Waals surface area (Å²) in [5, 5.41) is 14.7. The van der Waals surface area contributed by atoms with E-state index in [9.17, 15) is 9.90 Å². The Bertz CT molecular complexity index is 1010. The standard InChI is InChI=1S/C24H28N2O3/c1-16-7-9-17(10-8-16)15-26-22-13-19(29-2)11-12-20(22)21(23(26)24(27)28)14-25-18-5-3-4-6-18/h7-13,18,25H,3-6,14-15H2,1-2H3,(H,27,28). The Hall–Kier alpha value is -2.79. The van der Waals surface area contributed by atoms with Crippen molar-refractivity contribution < 1.29 is 14.6 Å². The first-order valence-electron chi connectivity index (χ1n) is 10.3. The number of fused-ring (bicyclic) bond motifs is 1. The highest BCUT2D eigenvalue weighted by atomic mass is 16.5. The minimum atomic E-state index is -0.893.